The molecule has 0 saturated heterocycles. The van der Waals surface area contributed by atoms with Crippen LogP contribution in [0.15, 0.2) is 18.2 Å². The van der Waals surface area contributed by atoms with Gasteiger partial charge in [-0.1, -0.05) is 13.3 Å². The lowest BCUT2D eigenvalue weighted by Gasteiger charge is -2.14. The van der Waals surface area contributed by atoms with Crippen molar-refractivity contribution in [3.8, 4) is 11.5 Å². The van der Waals surface area contributed by atoms with Gasteiger partial charge in [0, 0.05) is 12.5 Å². The molecule has 0 aliphatic heterocycles. The van der Waals surface area contributed by atoms with Crippen molar-refractivity contribution in [1.82, 2.24) is 0 Å². The molecule has 0 saturated carbocycles. The van der Waals surface area contributed by atoms with Gasteiger partial charge in [0.1, 0.15) is 11.5 Å². The van der Waals surface area contributed by atoms with Crippen LogP contribution in [0.3, 0.4) is 0 Å². The van der Waals surface area contributed by atoms with Gasteiger partial charge in [-0.3, -0.25) is 0 Å². The third kappa shape index (κ3) is 5.27. The van der Waals surface area contributed by atoms with Crippen molar-refractivity contribution in [3.05, 3.63) is 18.2 Å². The molecule has 0 aliphatic rings. The van der Waals surface area contributed by atoms with Crippen LogP contribution in [-0.2, 0) is 0 Å². The number of nitrogens with one attached hydrogen (secondary N) is 1. The molecule has 0 fully saturated rings. The van der Waals surface area contributed by atoms with Crippen molar-refractivity contribution >= 4 is 5.69 Å². The number of phenolic OH excluding ortho intramolecular Hbond substituents is 1. The summed E-state index contributed by atoms with van der Waals surface area (Å²) >= 11 is 0. The summed E-state index contributed by atoms with van der Waals surface area (Å²) < 4.78 is 5.57. The van der Waals surface area contributed by atoms with Gasteiger partial charge in [0.2, 0.25) is 0 Å². The molecule has 1 unspecified atom stereocenters. The highest BCUT2D eigenvalue weighted by Gasteiger charge is 2.04. The Kier molecular flexibility index (Phi) is 6.36. The zero-order valence-corrected chi connectivity index (χ0v) is 11.4. The fraction of sp³-hybridized carbons (Fsp3) is 0.571. The molecule has 1 rings (SSSR count). The standard InChI is InChI=1S/C14H24N2O2/c1-3-4-8-16(2)9-5-10-18-14-11-12(17)6-7-13(14)15/h6-7,11,17H,3-5,8-10,15H2,1-2H3/p+1. The van der Waals surface area contributed by atoms with Crippen molar-refractivity contribution < 1.29 is 14.7 Å². The van der Waals surface area contributed by atoms with Gasteiger partial charge in [-0.25, -0.2) is 0 Å². The van der Waals surface area contributed by atoms with Crippen LogP contribution in [0, 0.1) is 0 Å². The molecule has 1 aromatic rings. The normalized spacial score (nSPS) is 12.3. The summed E-state index contributed by atoms with van der Waals surface area (Å²) in [5.74, 6) is 0.756. The summed E-state index contributed by atoms with van der Waals surface area (Å²) in [6, 6.07) is 4.77. The van der Waals surface area contributed by atoms with Gasteiger partial charge in [-0.15, -0.1) is 0 Å². The van der Waals surface area contributed by atoms with E-state index in [-0.39, 0.29) is 5.75 Å². The van der Waals surface area contributed by atoms with Gasteiger partial charge in [0.05, 0.1) is 32.4 Å². The quantitative estimate of drug-likeness (QED) is 0.369. The first kappa shape index (κ1) is 14.6. The van der Waals surface area contributed by atoms with E-state index in [1.807, 2.05) is 0 Å². The lowest BCUT2D eigenvalue weighted by Crippen LogP contribution is -3.09. The molecule has 4 N–H and O–H groups in total. The highest BCUT2D eigenvalue weighted by Crippen LogP contribution is 2.25. The molecule has 0 spiro atoms. The Morgan fingerprint density at radius 2 is 2.00 bits per heavy atom. The van der Waals surface area contributed by atoms with Crippen LogP contribution in [0.25, 0.3) is 0 Å². The minimum absolute atomic E-state index is 0.185. The second-order valence-corrected chi connectivity index (χ2v) is 4.73. The number of anilines is 1. The number of nitrogens with two attached hydrogens (primary N) is 1. The first-order valence-corrected chi connectivity index (χ1v) is 6.66. The smallest absolute Gasteiger partial charge is 0.145 e. The summed E-state index contributed by atoms with van der Waals surface area (Å²) in [5.41, 5.74) is 6.32. The van der Waals surface area contributed by atoms with E-state index in [4.69, 9.17) is 10.5 Å². The SMILES string of the molecule is CCCC[NH+](C)CCCOc1cc(O)ccc1N. The number of hydrogen-bond donors (Lipinski definition) is 3. The van der Waals surface area contributed by atoms with E-state index >= 15 is 0 Å². The predicted octanol–water partition coefficient (Wildman–Crippen LogP) is 1.06. The Balaban J connectivity index is 2.23. The van der Waals surface area contributed by atoms with Crippen molar-refractivity contribution in [2.75, 3.05) is 32.5 Å². The maximum atomic E-state index is 9.34. The van der Waals surface area contributed by atoms with Gasteiger partial charge in [0.15, 0.2) is 0 Å². The molecule has 102 valence electrons. The number of phenols is 1. The summed E-state index contributed by atoms with van der Waals surface area (Å²) in [4.78, 5) is 1.53. The Labute approximate surface area is 109 Å². The van der Waals surface area contributed by atoms with Crippen molar-refractivity contribution in [1.29, 1.82) is 0 Å². The van der Waals surface area contributed by atoms with Crippen molar-refractivity contribution in [2.24, 2.45) is 0 Å². The molecular weight excluding hydrogens is 228 g/mol. The Hall–Kier alpha value is -1.42. The van der Waals surface area contributed by atoms with E-state index in [0.29, 0.717) is 18.0 Å². The van der Waals surface area contributed by atoms with Crippen molar-refractivity contribution in [2.45, 2.75) is 26.2 Å². The average Bonchev–Trinajstić information content (AvgIpc) is 2.36. The fourth-order valence-electron chi connectivity index (χ4n) is 1.81. The van der Waals surface area contributed by atoms with Gasteiger partial charge in [0.25, 0.3) is 0 Å². The van der Waals surface area contributed by atoms with E-state index < -0.39 is 0 Å². The molecule has 0 aromatic heterocycles. The van der Waals surface area contributed by atoms with Gasteiger partial charge >= 0.3 is 0 Å². The number of nitrogen functional groups attached to an aromatic ring is 1. The van der Waals surface area contributed by atoms with Gasteiger partial charge in [-0.2, -0.15) is 0 Å². The highest BCUT2D eigenvalue weighted by atomic mass is 16.5. The van der Waals surface area contributed by atoms with Crippen LogP contribution in [0.5, 0.6) is 11.5 Å². The number of aromatic hydroxyl groups is 1. The minimum Gasteiger partial charge on any atom is -0.508 e. The van der Waals surface area contributed by atoms with Crippen molar-refractivity contribution in [3.63, 3.8) is 0 Å². The van der Waals surface area contributed by atoms with Gasteiger partial charge < -0.3 is 20.5 Å². The number of benzene rings is 1. The van der Waals surface area contributed by atoms with Crippen LogP contribution in [0.1, 0.15) is 26.2 Å². The number of rotatable bonds is 8. The van der Waals surface area contributed by atoms with E-state index in [9.17, 15) is 5.11 Å². The van der Waals surface area contributed by atoms with E-state index in [2.05, 4.69) is 14.0 Å². The Morgan fingerprint density at radius 1 is 1.28 bits per heavy atom. The third-order valence-electron chi connectivity index (χ3n) is 2.96. The molecule has 0 heterocycles. The molecule has 1 aromatic carbocycles. The summed E-state index contributed by atoms with van der Waals surface area (Å²) in [7, 11) is 2.21. The summed E-state index contributed by atoms with van der Waals surface area (Å²) in [6.45, 7) is 5.15. The Bertz CT molecular complexity index is 356. The number of ether oxygens (including phenoxy) is 1. The molecule has 1 atom stereocenters. The molecule has 0 radical (unpaired) electrons. The van der Waals surface area contributed by atoms with E-state index in [1.54, 1.807) is 18.2 Å². The lowest BCUT2D eigenvalue weighted by molar-refractivity contribution is -0.880. The molecule has 0 amide bonds. The first-order valence-electron chi connectivity index (χ1n) is 6.66. The van der Waals surface area contributed by atoms with Crippen LogP contribution < -0.4 is 15.4 Å². The third-order valence-corrected chi connectivity index (χ3v) is 2.96. The topological polar surface area (TPSA) is 59.9 Å². The maximum absolute atomic E-state index is 9.34. The second-order valence-electron chi connectivity index (χ2n) is 4.73. The zero-order chi connectivity index (χ0) is 13.4. The van der Waals surface area contributed by atoms with Gasteiger partial charge in [-0.05, 0) is 18.6 Å². The second kappa shape index (κ2) is 7.82. The largest absolute Gasteiger partial charge is 0.508 e. The number of unbranched alkanes of at least 4 members (excludes halogenated alkanes) is 1. The van der Waals surface area contributed by atoms with Crippen LogP contribution >= 0.6 is 0 Å². The predicted molar refractivity (Wildman–Crippen MR) is 74.2 cm³/mol. The minimum atomic E-state index is 0.185. The molecule has 0 aliphatic carbocycles. The highest BCUT2D eigenvalue weighted by molar-refractivity contribution is 5.55. The van der Waals surface area contributed by atoms with Crippen LogP contribution in [-0.4, -0.2) is 31.9 Å². The number of hydrogen-bond acceptors (Lipinski definition) is 3. The van der Waals surface area contributed by atoms with Crippen LogP contribution in [0.2, 0.25) is 0 Å². The fourth-order valence-corrected chi connectivity index (χ4v) is 1.81. The average molecular weight is 253 g/mol. The summed E-state index contributed by atoms with van der Waals surface area (Å²) in [6.07, 6.45) is 3.50. The molecule has 4 nitrogen and oxygen atoms in total. The Morgan fingerprint density at radius 3 is 2.72 bits per heavy atom. The molecule has 0 bridgehead atoms. The van der Waals surface area contributed by atoms with E-state index in [0.717, 1.165) is 13.0 Å². The monoisotopic (exact) mass is 253 g/mol. The molecular formula is C14H25N2O2+. The lowest BCUT2D eigenvalue weighted by atomic mass is 10.3. The zero-order valence-electron chi connectivity index (χ0n) is 11.4. The summed E-state index contributed by atoms with van der Waals surface area (Å²) in [5, 5.41) is 9.34. The van der Waals surface area contributed by atoms with Crippen LogP contribution in [0.4, 0.5) is 5.69 Å². The first-order chi connectivity index (χ1) is 8.63. The maximum Gasteiger partial charge on any atom is 0.145 e. The molecule has 4 heteroatoms. The van der Waals surface area contributed by atoms with E-state index in [1.165, 1.54) is 24.3 Å². The molecule has 18 heavy (non-hydrogen) atoms. The number of quaternary nitrogens is 1.